The Morgan fingerprint density at radius 1 is 1.13 bits per heavy atom. The van der Waals surface area contributed by atoms with Crippen molar-refractivity contribution >= 4 is 29.7 Å². The van der Waals surface area contributed by atoms with E-state index >= 15 is 0 Å². The molecule has 0 aliphatic carbocycles. The summed E-state index contributed by atoms with van der Waals surface area (Å²) in [5.74, 6) is 1.07. The molecule has 0 aliphatic rings. The molecule has 162 valence electrons. The van der Waals surface area contributed by atoms with E-state index < -0.39 is 0 Å². The molecule has 1 aromatic heterocycles. The van der Waals surface area contributed by atoms with Crippen LogP contribution in [0.4, 0.5) is 5.69 Å². The standard InChI is InChI=1S/C22H25N5O3S/c1-4-19(28)24-17-9-5-15(6-10-17)14(2)23-20(29)13-27-21(25-26-22(27)31)16-7-11-18(30-3)12-8-16/h5-12,14H,4,13H2,1-3H3,(H,23,29)(H,24,28)(H,26,31). The summed E-state index contributed by atoms with van der Waals surface area (Å²) in [5, 5.41) is 12.8. The van der Waals surface area contributed by atoms with Crippen molar-refractivity contribution in [1.82, 2.24) is 20.1 Å². The Labute approximate surface area is 185 Å². The Morgan fingerprint density at radius 3 is 2.42 bits per heavy atom. The van der Waals surface area contributed by atoms with Crippen LogP contribution in [0.15, 0.2) is 48.5 Å². The van der Waals surface area contributed by atoms with Crippen LogP contribution in [0, 0.1) is 4.77 Å². The molecule has 2 amide bonds. The summed E-state index contributed by atoms with van der Waals surface area (Å²) in [5.41, 5.74) is 2.47. The lowest BCUT2D eigenvalue weighted by molar-refractivity contribution is -0.122. The van der Waals surface area contributed by atoms with Gasteiger partial charge in [0, 0.05) is 17.7 Å². The van der Waals surface area contributed by atoms with E-state index in [4.69, 9.17) is 17.0 Å². The lowest BCUT2D eigenvalue weighted by Gasteiger charge is -2.16. The molecule has 1 unspecified atom stereocenters. The van der Waals surface area contributed by atoms with Crippen molar-refractivity contribution in [2.24, 2.45) is 0 Å². The molecule has 1 atom stereocenters. The molecule has 0 spiro atoms. The van der Waals surface area contributed by atoms with Crippen LogP contribution in [-0.2, 0) is 16.1 Å². The minimum Gasteiger partial charge on any atom is -0.497 e. The van der Waals surface area contributed by atoms with Gasteiger partial charge in [-0.05, 0) is 61.1 Å². The zero-order valence-corrected chi connectivity index (χ0v) is 18.5. The van der Waals surface area contributed by atoms with Crippen molar-refractivity contribution < 1.29 is 14.3 Å². The van der Waals surface area contributed by atoms with Crippen molar-refractivity contribution in [3.8, 4) is 17.1 Å². The number of methoxy groups -OCH3 is 1. The average molecular weight is 440 g/mol. The van der Waals surface area contributed by atoms with Crippen molar-refractivity contribution in [3.63, 3.8) is 0 Å². The Hall–Kier alpha value is -3.46. The van der Waals surface area contributed by atoms with Crippen LogP contribution >= 0.6 is 12.2 Å². The number of H-pyrrole nitrogens is 1. The molecular weight excluding hydrogens is 414 g/mol. The fourth-order valence-corrected chi connectivity index (χ4v) is 3.24. The predicted molar refractivity (Wildman–Crippen MR) is 121 cm³/mol. The van der Waals surface area contributed by atoms with Crippen molar-refractivity contribution in [2.75, 3.05) is 12.4 Å². The van der Waals surface area contributed by atoms with Crippen molar-refractivity contribution in [2.45, 2.75) is 32.9 Å². The Balaban J connectivity index is 1.67. The molecular formula is C22H25N5O3S. The van der Waals surface area contributed by atoms with E-state index in [1.54, 1.807) is 18.6 Å². The van der Waals surface area contributed by atoms with E-state index in [1.165, 1.54) is 0 Å². The summed E-state index contributed by atoms with van der Waals surface area (Å²) in [6, 6.07) is 14.6. The third kappa shape index (κ3) is 5.58. The lowest BCUT2D eigenvalue weighted by atomic mass is 10.1. The van der Waals surface area contributed by atoms with Crippen LogP contribution in [-0.4, -0.2) is 33.7 Å². The first-order valence-corrected chi connectivity index (χ1v) is 10.3. The summed E-state index contributed by atoms with van der Waals surface area (Å²) in [7, 11) is 1.60. The van der Waals surface area contributed by atoms with Crippen LogP contribution in [0.1, 0.15) is 31.9 Å². The minimum atomic E-state index is -0.214. The molecule has 2 aromatic carbocycles. The summed E-state index contributed by atoms with van der Waals surface area (Å²) in [4.78, 5) is 24.2. The van der Waals surface area contributed by atoms with E-state index in [0.29, 0.717) is 17.0 Å². The zero-order valence-electron chi connectivity index (χ0n) is 17.6. The molecule has 3 aromatic rings. The third-order valence-electron chi connectivity index (χ3n) is 4.80. The summed E-state index contributed by atoms with van der Waals surface area (Å²) in [6.45, 7) is 3.73. The molecule has 3 N–H and O–H groups in total. The molecule has 0 saturated heterocycles. The van der Waals surface area contributed by atoms with Gasteiger partial charge in [-0.2, -0.15) is 5.10 Å². The molecule has 0 fully saturated rings. The van der Waals surface area contributed by atoms with Gasteiger partial charge in [0.2, 0.25) is 11.8 Å². The highest BCUT2D eigenvalue weighted by atomic mass is 32.1. The first-order chi connectivity index (χ1) is 14.9. The number of hydrogen-bond donors (Lipinski definition) is 3. The number of amides is 2. The van der Waals surface area contributed by atoms with Gasteiger partial charge in [-0.15, -0.1) is 0 Å². The van der Waals surface area contributed by atoms with Gasteiger partial charge in [-0.1, -0.05) is 19.1 Å². The van der Waals surface area contributed by atoms with Gasteiger partial charge in [-0.3, -0.25) is 19.3 Å². The first-order valence-electron chi connectivity index (χ1n) is 9.90. The average Bonchev–Trinajstić information content (AvgIpc) is 3.14. The third-order valence-corrected chi connectivity index (χ3v) is 5.11. The number of hydrogen-bond acceptors (Lipinski definition) is 5. The molecule has 1 heterocycles. The quantitative estimate of drug-likeness (QED) is 0.463. The highest BCUT2D eigenvalue weighted by Gasteiger charge is 2.15. The minimum absolute atomic E-state index is 0.0334. The van der Waals surface area contributed by atoms with E-state index in [-0.39, 0.29) is 24.4 Å². The highest BCUT2D eigenvalue weighted by Crippen LogP contribution is 2.21. The molecule has 0 bridgehead atoms. The Kier molecular flexibility index (Phi) is 7.19. The Bertz CT molecular complexity index is 1100. The molecule has 31 heavy (non-hydrogen) atoms. The van der Waals surface area contributed by atoms with Crippen LogP contribution in [0.25, 0.3) is 11.4 Å². The summed E-state index contributed by atoms with van der Waals surface area (Å²) in [6.07, 6.45) is 0.420. The fourth-order valence-electron chi connectivity index (χ4n) is 3.04. The predicted octanol–water partition coefficient (Wildman–Crippen LogP) is 3.84. The monoisotopic (exact) mass is 439 g/mol. The normalized spacial score (nSPS) is 11.6. The number of carbonyl (C=O) groups is 2. The van der Waals surface area contributed by atoms with Crippen molar-refractivity contribution in [3.05, 3.63) is 58.9 Å². The topological polar surface area (TPSA) is 101 Å². The summed E-state index contributed by atoms with van der Waals surface area (Å²) < 4.78 is 7.20. The maximum atomic E-state index is 12.7. The van der Waals surface area contributed by atoms with Gasteiger partial charge >= 0.3 is 0 Å². The SMILES string of the molecule is CCC(=O)Nc1ccc(C(C)NC(=O)Cn2c(-c3ccc(OC)cc3)n[nH]c2=S)cc1. The number of ether oxygens (including phenoxy) is 1. The molecule has 0 saturated carbocycles. The van der Waals surface area contributed by atoms with Gasteiger partial charge in [0.1, 0.15) is 12.3 Å². The van der Waals surface area contributed by atoms with E-state index in [9.17, 15) is 9.59 Å². The lowest BCUT2D eigenvalue weighted by Crippen LogP contribution is -2.30. The van der Waals surface area contributed by atoms with Gasteiger partial charge in [-0.25, -0.2) is 0 Å². The van der Waals surface area contributed by atoms with Crippen LogP contribution in [0.2, 0.25) is 0 Å². The van der Waals surface area contributed by atoms with Gasteiger partial charge in [0.15, 0.2) is 10.6 Å². The largest absolute Gasteiger partial charge is 0.497 e. The number of aromatic amines is 1. The summed E-state index contributed by atoms with van der Waals surface area (Å²) >= 11 is 5.31. The van der Waals surface area contributed by atoms with Gasteiger partial charge < -0.3 is 15.4 Å². The second-order valence-corrected chi connectivity index (χ2v) is 7.37. The van der Waals surface area contributed by atoms with Gasteiger partial charge in [0.25, 0.3) is 0 Å². The molecule has 0 radical (unpaired) electrons. The molecule has 0 aliphatic heterocycles. The molecule has 9 heteroatoms. The second-order valence-electron chi connectivity index (χ2n) is 6.98. The number of nitrogens with one attached hydrogen (secondary N) is 3. The fraction of sp³-hybridized carbons (Fsp3) is 0.273. The molecule has 3 rings (SSSR count). The van der Waals surface area contributed by atoms with Crippen LogP contribution < -0.4 is 15.4 Å². The number of rotatable bonds is 8. The number of nitrogens with zero attached hydrogens (tertiary/aromatic N) is 2. The maximum absolute atomic E-state index is 12.7. The maximum Gasteiger partial charge on any atom is 0.240 e. The van der Waals surface area contributed by atoms with Crippen LogP contribution in [0.3, 0.4) is 0 Å². The number of aromatic nitrogens is 3. The Morgan fingerprint density at radius 2 is 1.81 bits per heavy atom. The van der Waals surface area contributed by atoms with E-state index in [2.05, 4.69) is 20.8 Å². The number of anilines is 1. The second kappa shape index (κ2) is 10.0. The first kappa shape index (κ1) is 22.2. The van der Waals surface area contributed by atoms with Crippen LogP contribution in [0.5, 0.6) is 5.75 Å². The van der Waals surface area contributed by atoms with Crippen molar-refractivity contribution in [1.29, 1.82) is 0 Å². The highest BCUT2D eigenvalue weighted by molar-refractivity contribution is 7.71. The number of benzene rings is 2. The smallest absolute Gasteiger partial charge is 0.240 e. The van der Waals surface area contributed by atoms with E-state index in [1.807, 2.05) is 55.5 Å². The van der Waals surface area contributed by atoms with Gasteiger partial charge in [0.05, 0.1) is 13.2 Å². The number of carbonyl (C=O) groups excluding carboxylic acids is 2. The zero-order chi connectivity index (χ0) is 22.4. The molecule has 8 nitrogen and oxygen atoms in total. The van der Waals surface area contributed by atoms with E-state index in [0.717, 1.165) is 22.6 Å².